The van der Waals surface area contributed by atoms with Gasteiger partial charge in [0.15, 0.2) is 0 Å². The van der Waals surface area contributed by atoms with E-state index < -0.39 is 5.91 Å². The molecule has 0 saturated heterocycles. The normalized spacial score (nSPS) is 12.3. The molecule has 0 aliphatic carbocycles. The van der Waals surface area contributed by atoms with Gasteiger partial charge in [-0.2, -0.15) is 0 Å². The lowest BCUT2D eigenvalue weighted by molar-refractivity contribution is -0.118. The molecule has 0 bridgehead atoms. The van der Waals surface area contributed by atoms with Crippen LogP contribution in [0.2, 0.25) is 0 Å². The standard InChI is InChI=1S/C20H22N2O3/c1-3-14(2)21-20(25)17(13-16-11-7-8-12-18(16)23)22-19(24)15-9-5-4-6-10-15/h4-14,23H,3H2,1-2H3,(H,21,25)(H,22,24)/b17-13-/t14-/m0/s1. The Morgan fingerprint density at radius 3 is 2.36 bits per heavy atom. The third kappa shape index (κ3) is 5.21. The van der Waals surface area contributed by atoms with Crippen LogP contribution in [0.3, 0.4) is 0 Å². The Morgan fingerprint density at radius 1 is 1.08 bits per heavy atom. The van der Waals surface area contributed by atoms with E-state index in [4.69, 9.17) is 0 Å². The van der Waals surface area contributed by atoms with E-state index in [-0.39, 0.29) is 23.4 Å². The van der Waals surface area contributed by atoms with Crippen molar-refractivity contribution in [2.75, 3.05) is 0 Å². The monoisotopic (exact) mass is 338 g/mol. The number of aromatic hydroxyl groups is 1. The first kappa shape index (κ1) is 18.3. The molecule has 0 aliphatic heterocycles. The molecular weight excluding hydrogens is 316 g/mol. The van der Waals surface area contributed by atoms with Crippen LogP contribution in [-0.4, -0.2) is 23.0 Å². The number of nitrogens with one attached hydrogen (secondary N) is 2. The van der Waals surface area contributed by atoms with E-state index in [9.17, 15) is 14.7 Å². The summed E-state index contributed by atoms with van der Waals surface area (Å²) < 4.78 is 0. The van der Waals surface area contributed by atoms with Gasteiger partial charge < -0.3 is 15.7 Å². The zero-order valence-electron chi connectivity index (χ0n) is 14.3. The summed E-state index contributed by atoms with van der Waals surface area (Å²) in [5.74, 6) is -0.756. The molecule has 25 heavy (non-hydrogen) atoms. The highest BCUT2D eigenvalue weighted by Crippen LogP contribution is 2.18. The van der Waals surface area contributed by atoms with Gasteiger partial charge in [0.05, 0.1) is 0 Å². The van der Waals surface area contributed by atoms with E-state index in [0.29, 0.717) is 11.1 Å². The molecule has 0 radical (unpaired) electrons. The van der Waals surface area contributed by atoms with Crippen LogP contribution < -0.4 is 10.6 Å². The lowest BCUT2D eigenvalue weighted by Gasteiger charge is -2.15. The van der Waals surface area contributed by atoms with Crippen molar-refractivity contribution < 1.29 is 14.7 Å². The quantitative estimate of drug-likeness (QED) is 0.708. The topological polar surface area (TPSA) is 78.4 Å². The van der Waals surface area contributed by atoms with Gasteiger partial charge in [-0.25, -0.2) is 0 Å². The van der Waals surface area contributed by atoms with Crippen LogP contribution in [0.5, 0.6) is 5.75 Å². The van der Waals surface area contributed by atoms with E-state index in [2.05, 4.69) is 10.6 Å². The van der Waals surface area contributed by atoms with E-state index in [1.54, 1.807) is 42.5 Å². The maximum atomic E-state index is 12.5. The fraction of sp³-hybridized carbons (Fsp3) is 0.200. The fourth-order valence-corrected chi connectivity index (χ4v) is 2.11. The Balaban J connectivity index is 2.30. The van der Waals surface area contributed by atoms with Gasteiger partial charge in [-0.1, -0.05) is 43.3 Å². The molecule has 0 fully saturated rings. The molecule has 2 aromatic carbocycles. The molecule has 0 aliphatic rings. The highest BCUT2D eigenvalue weighted by molar-refractivity contribution is 6.05. The highest BCUT2D eigenvalue weighted by atomic mass is 16.3. The van der Waals surface area contributed by atoms with Crippen molar-refractivity contribution >= 4 is 17.9 Å². The van der Waals surface area contributed by atoms with Crippen LogP contribution >= 0.6 is 0 Å². The van der Waals surface area contributed by atoms with Gasteiger partial charge in [0.1, 0.15) is 11.4 Å². The van der Waals surface area contributed by atoms with Gasteiger partial charge >= 0.3 is 0 Å². The van der Waals surface area contributed by atoms with Gasteiger partial charge in [0, 0.05) is 17.2 Å². The number of carbonyl (C=O) groups is 2. The smallest absolute Gasteiger partial charge is 0.268 e. The summed E-state index contributed by atoms with van der Waals surface area (Å²) in [6, 6.07) is 15.2. The number of rotatable bonds is 6. The van der Waals surface area contributed by atoms with Crippen molar-refractivity contribution in [1.82, 2.24) is 10.6 Å². The molecule has 0 heterocycles. The summed E-state index contributed by atoms with van der Waals surface area (Å²) in [4.78, 5) is 24.9. The first-order valence-corrected chi connectivity index (χ1v) is 8.18. The molecule has 130 valence electrons. The van der Waals surface area contributed by atoms with Crippen molar-refractivity contribution in [1.29, 1.82) is 0 Å². The number of carbonyl (C=O) groups excluding carboxylic acids is 2. The predicted octanol–water partition coefficient (Wildman–Crippen LogP) is 3.08. The number of hydrogen-bond acceptors (Lipinski definition) is 3. The Bertz CT molecular complexity index is 770. The number of phenols is 1. The molecule has 2 aromatic rings. The first-order chi connectivity index (χ1) is 12.0. The third-order valence-corrected chi connectivity index (χ3v) is 3.76. The Morgan fingerprint density at radius 2 is 1.72 bits per heavy atom. The van der Waals surface area contributed by atoms with Crippen LogP contribution in [0, 0.1) is 0 Å². The second-order valence-corrected chi connectivity index (χ2v) is 5.72. The van der Waals surface area contributed by atoms with Gasteiger partial charge in [-0.3, -0.25) is 9.59 Å². The van der Waals surface area contributed by atoms with E-state index >= 15 is 0 Å². The lowest BCUT2D eigenvalue weighted by atomic mass is 10.1. The molecule has 5 heteroatoms. The minimum absolute atomic E-state index is 0.0327. The minimum atomic E-state index is -0.401. The molecule has 0 saturated carbocycles. The zero-order chi connectivity index (χ0) is 18.2. The number of phenolic OH excluding ortho intramolecular Hbond substituents is 1. The Hall–Kier alpha value is -3.08. The average Bonchev–Trinajstić information content (AvgIpc) is 2.63. The van der Waals surface area contributed by atoms with Crippen molar-refractivity contribution in [2.24, 2.45) is 0 Å². The number of amides is 2. The van der Waals surface area contributed by atoms with Crippen LogP contribution in [0.15, 0.2) is 60.3 Å². The number of para-hydroxylation sites is 1. The second kappa shape index (κ2) is 8.68. The summed E-state index contributed by atoms with van der Waals surface area (Å²) in [6.45, 7) is 3.84. The first-order valence-electron chi connectivity index (χ1n) is 8.18. The summed E-state index contributed by atoms with van der Waals surface area (Å²) >= 11 is 0. The second-order valence-electron chi connectivity index (χ2n) is 5.72. The lowest BCUT2D eigenvalue weighted by Crippen LogP contribution is -2.38. The van der Waals surface area contributed by atoms with Crippen molar-refractivity contribution in [3.63, 3.8) is 0 Å². The van der Waals surface area contributed by atoms with Crippen LogP contribution in [0.25, 0.3) is 6.08 Å². The molecule has 3 N–H and O–H groups in total. The highest BCUT2D eigenvalue weighted by Gasteiger charge is 2.16. The molecule has 1 atom stereocenters. The molecule has 5 nitrogen and oxygen atoms in total. The predicted molar refractivity (Wildman–Crippen MR) is 97.9 cm³/mol. The Labute approximate surface area is 147 Å². The molecule has 2 rings (SSSR count). The summed E-state index contributed by atoms with van der Waals surface area (Å²) in [6.07, 6.45) is 2.23. The molecule has 0 spiro atoms. The van der Waals surface area contributed by atoms with E-state index in [0.717, 1.165) is 6.42 Å². The largest absolute Gasteiger partial charge is 0.507 e. The summed E-state index contributed by atoms with van der Waals surface area (Å²) in [7, 11) is 0. The van der Waals surface area contributed by atoms with E-state index in [1.165, 1.54) is 12.1 Å². The van der Waals surface area contributed by atoms with E-state index in [1.807, 2.05) is 19.9 Å². The SMILES string of the molecule is CC[C@H](C)NC(=O)/C(=C/c1ccccc1O)NC(=O)c1ccccc1. The number of benzene rings is 2. The van der Waals surface area contributed by atoms with Crippen molar-refractivity contribution in [3.8, 4) is 5.75 Å². The fourth-order valence-electron chi connectivity index (χ4n) is 2.11. The number of hydrogen-bond donors (Lipinski definition) is 3. The molecule has 0 unspecified atom stereocenters. The summed E-state index contributed by atoms with van der Waals surface area (Å²) in [5, 5.41) is 15.4. The zero-order valence-corrected chi connectivity index (χ0v) is 14.3. The Kier molecular flexibility index (Phi) is 6.34. The van der Waals surface area contributed by atoms with Crippen molar-refractivity contribution in [3.05, 3.63) is 71.4 Å². The molecule has 0 aromatic heterocycles. The van der Waals surface area contributed by atoms with Gasteiger partial charge in [-0.15, -0.1) is 0 Å². The van der Waals surface area contributed by atoms with Gasteiger partial charge in [-0.05, 0) is 37.6 Å². The molecular formula is C20H22N2O3. The maximum absolute atomic E-state index is 12.5. The van der Waals surface area contributed by atoms with Crippen LogP contribution in [0.4, 0.5) is 0 Å². The van der Waals surface area contributed by atoms with Crippen LogP contribution in [0.1, 0.15) is 36.2 Å². The molecule has 2 amide bonds. The average molecular weight is 338 g/mol. The maximum Gasteiger partial charge on any atom is 0.268 e. The van der Waals surface area contributed by atoms with Gasteiger partial charge in [0.25, 0.3) is 11.8 Å². The minimum Gasteiger partial charge on any atom is -0.507 e. The van der Waals surface area contributed by atoms with Crippen LogP contribution in [-0.2, 0) is 4.79 Å². The third-order valence-electron chi connectivity index (χ3n) is 3.76. The summed E-state index contributed by atoms with van der Waals surface area (Å²) in [5.41, 5.74) is 0.975. The van der Waals surface area contributed by atoms with Gasteiger partial charge in [0.2, 0.25) is 0 Å². The van der Waals surface area contributed by atoms with Crippen molar-refractivity contribution in [2.45, 2.75) is 26.3 Å².